The molecule has 0 bridgehead atoms. The summed E-state index contributed by atoms with van der Waals surface area (Å²) in [7, 11) is 0. The Balaban J connectivity index is 1.58. The van der Waals surface area contributed by atoms with Crippen LogP contribution >= 0.6 is 0 Å². The van der Waals surface area contributed by atoms with Crippen LogP contribution in [-0.4, -0.2) is 21.7 Å². The summed E-state index contributed by atoms with van der Waals surface area (Å²) in [6.07, 6.45) is 1.83. The van der Waals surface area contributed by atoms with Crippen LogP contribution in [0.3, 0.4) is 0 Å². The van der Waals surface area contributed by atoms with Crippen molar-refractivity contribution < 1.29 is 9.90 Å². The van der Waals surface area contributed by atoms with Crippen LogP contribution in [0, 0.1) is 0 Å². The van der Waals surface area contributed by atoms with Crippen molar-refractivity contribution in [3.63, 3.8) is 0 Å². The third-order valence-electron chi connectivity index (χ3n) is 4.51. The number of carbonyl (C=O) groups excluding carboxylic acids is 1. The second-order valence-corrected chi connectivity index (χ2v) is 6.38. The molecular weight excluding hydrogens is 328 g/mol. The van der Waals surface area contributed by atoms with E-state index in [4.69, 9.17) is 0 Å². The van der Waals surface area contributed by atoms with Gasteiger partial charge in [0, 0.05) is 35.0 Å². The molecule has 1 aromatic heterocycles. The summed E-state index contributed by atoms with van der Waals surface area (Å²) in [5, 5.41) is 19.0. The Bertz CT molecular complexity index is 1030. The highest BCUT2D eigenvalue weighted by molar-refractivity contribution is 6.07. The van der Waals surface area contributed by atoms with E-state index in [0.717, 1.165) is 16.6 Å². The molecule has 2 aromatic carbocycles. The predicted molar refractivity (Wildman–Crippen MR) is 102 cm³/mol. The van der Waals surface area contributed by atoms with Crippen molar-refractivity contribution in [3.8, 4) is 0 Å². The zero-order chi connectivity index (χ0) is 18.1. The average molecular weight is 346 g/mol. The number of nitrogens with zero attached hydrogens (tertiary/aromatic N) is 2. The minimum absolute atomic E-state index is 0.0983. The lowest BCUT2D eigenvalue weighted by molar-refractivity contribution is -0.132. The molecule has 3 aromatic rings. The second-order valence-electron chi connectivity index (χ2n) is 6.38. The van der Waals surface area contributed by atoms with Gasteiger partial charge in [-0.3, -0.25) is 15.2 Å². The van der Waals surface area contributed by atoms with Gasteiger partial charge in [-0.25, -0.2) is 0 Å². The number of rotatable bonds is 4. The van der Waals surface area contributed by atoms with E-state index in [2.05, 4.69) is 20.8 Å². The van der Waals surface area contributed by atoms with E-state index >= 15 is 0 Å². The second kappa shape index (κ2) is 6.24. The number of pyridine rings is 1. The molecule has 4 rings (SSSR count). The Morgan fingerprint density at radius 3 is 2.88 bits per heavy atom. The highest BCUT2D eigenvalue weighted by Gasteiger charge is 2.45. The van der Waals surface area contributed by atoms with Crippen LogP contribution in [0.1, 0.15) is 18.9 Å². The third kappa shape index (κ3) is 2.70. The molecule has 1 aliphatic rings. The van der Waals surface area contributed by atoms with Crippen molar-refractivity contribution in [2.24, 2.45) is 5.10 Å². The van der Waals surface area contributed by atoms with Crippen LogP contribution < -0.4 is 10.7 Å². The quantitative estimate of drug-likeness (QED) is 0.500. The highest BCUT2D eigenvalue weighted by atomic mass is 16.3. The molecule has 1 aliphatic heterocycles. The zero-order valence-corrected chi connectivity index (χ0v) is 14.2. The Hall–Kier alpha value is -3.25. The molecule has 0 spiro atoms. The van der Waals surface area contributed by atoms with E-state index in [-0.39, 0.29) is 6.42 Å². The van der Waals surface area contributed by atoms with Crippen LogP contribution in [0.5, 0.6) is 0 Å². The minimum Gasteiger partial charge on any atom is -0.375 e. The van der Waals surface area contributed by atoms with Crippen molar-refractivity contribution in [2.45, 2.75) is 18.9 Å². The highest BCUT2D eigenvalue weighted by Crippen LogP contribution is 2.38. The lowest BCUT2D eigenvalue weighted by atomic mass is 9.90. The van der Waals surface area contributed by atoms with E-state index in [1.807, 2.05) is 36.4 Å². The molecule has 1 unspecified atom stereocenters. The standard InChI is InChI=1S/C20H18N4O2/c1-13(12-20(26)15-8-2-3-9-16(15)22-19(20)25)23-24-17-10-4-6-14-7-5-11-21-18(14)17/h2-11,24,26H,12H2,1H3,(H,22,25)/b23-13+. The van der Waals surface area contributed by atoms with E-state index in [1.54, 1.807) is 31.3 Å². The van der Waals surface area contributed by atoms with Gasteiger partial charge in [0.25, 0.3) is 5.91 Å². The predicted octanol–water partition coefficient (Wildman–Crippen LogP) is 3.25. The number of anilines is 2. The first-order valence-corrected chi connectivity index (χ1v) is 8.34. The molecule has 2 heterocycles. The number of amides is 1. The van der Waals surface area contributed by atoms with Gasteiger partial charge < -0.3 is 10.4 Å². The fourth-order valence-electron chi connectivity index (χ4n) is 3.24. The third-order valence-corrected chi connectivity index (χ3v) is 4.51. The number of aromatic nitrogens is 1. The molecule has 1 amide bonds. The van der Waals surface area contributed by atoms with E-state index in [0.29, 0.717) is 17.0 Å². The number of aliphatic hydroxyl groups is 1. The smallest absolute Gasteiger partial charge is 0.261 e. The van der Waals surface area contributed by atoms with Crippen LogP contribution in [-0.2, 0) is 10.4 Å². The average Bonchev–Trinajstić information content (AvgIpc) is 2.90. The molecule has 0 aliphatic carbocycles. The Labute approximate surface area is 150 Å². The van der Waals surface area contributed by atoms with E-state index in [9.17, 15) is 9.90 Å². The first kappa shape index (κ1) is 16.2. The maximum absolute atomic E-state index is 12.3. The number of fused-ring (bicyclic) bond motifs is 2. The van der Waals surface area contributed by atoms with E-state index < -0.39 is 11.5 Å². The van der Waals surface area contributed by atoms with Crippen molar-refractivity contribution in [3.05, 3.63) is 66.4 Å². The van der Waals surface area contributed by atoms with Gasteiger partial charge in [0.15, 0.2) is 5.60 Å². The molecule has 6 nitrogen and oxygen atoms in total. The SMILES string of the molecule is C/C(CC1(O)C(=O)Nc2ccccc21)=N\Nc1cccc2cccnc12. The van der Waals surface area contributed by atoms with Gasteiger partial charge in [0.2, 0.25) is 0 Å². The first-order valence-electron chi connectivity index (χ1n) is 8.34. The minimum atomic E-state index is -1.61. The summed E-state index contributed by atoms with van der Waals surface area (Å²) in [6, 6.07) is 16.8. The van der Waals surface area contributed by atoms with Gasteiger partial charge in [0.05, 0.1) is 11.2 Å². The molecule has 3 N–H and O–H groups in total. The van der Waals surface area contributed by atoms with Crippen LogP contribution in [0.15, 0.2) is 65.9 Å². The van der Waals surface area contributed by atoms with Gasteiger partial charge in [-0.1, -0.05) is 36.4 Å². The number of nitrogens with one attached hydrogen (secondary N) is 2. The Kier molecular flexibility index (Phi) is 3.89. The summed E-state index contributed by atoms with van der Waals surface area (Å²) in [4.78, 5) is 16.7. The molecular formula is C20H18N4O2. The normalized spacial score (nSPS) is 19.3. The zero-order valence-electron chi connectivity index (χ0n) is 14.2. The number of hydrogen-bond donors (Lipinski definition) is 3. The van der Waals surface area contributed by atoms with Crippen molar-refractivity contribution in [1.29, 1.82) is 0 Å². The van der Waals surface area contributed by atoms with Crippen molar-refractivity contribution in [2.75, 3.05) is 10.7 Å². The number of benzene rings is 2. The van der Waals surface area contributed by atoms with Gasteiger partial charge in [0.1, 0.15) is 0 Å². The largest absolute Gasteiger partial charge is 0.375 e. The molecule has 130 valence electrons. The van der Waals surface area contributed by atoms with Gasteiger partial charge in [-0.15, -0.1) is 0 Å². The molecule has 0 saturated carbocycles. The first-order chi connectivity index (χ1) is 12.6. The van der Waals surface area contributed by atoms with Crippen LogP contribution in [0.2, 0.25) is 0 Å². The van der Waals surface area contributed by atoms with Crippen LogP contribution in [0.4, 0.5) is 11.4 Å². The van der Waals surface area contributed by atoms with Gasteiger partial charge in [-0.2, -0.15) is 5.10 Å². The van der Waals surface area contributed by atoms with Gasteiger partial charge >= 0.3 is 0 Å². The summed E-state index contributed by atoms with van der Waals surface area (Å²) >= 11 is 0. The number of para-hydroxylation sites is 2. The fourth-order valence-corrected chi connectivity index (χ4v) is 3.24. The van der Waals surface area contributed by atoms with E-state index in [1.165, 1.54) is 0 Å². The molecule has 0 fully saturated rings. The molecule has 26 heavy (non-hydrogen) atoms. The summed E-state index contributed by atoms with van der Waals surface area (Å²) in [5.41, 5.74) is 4.79. The molecule has 0 saturated heterocycles. The summed E-state index contributed by atoms with van der Waals surface area (Å²) < 4.78 is 0. The van der Waals surface area contributed by atoms with Crippen molar-refractivity contribution >= 4 is 33.9 Å². The topological polar surface area (TPSA) is 86.6 Å². The van der Waals surface area contributed by atoms with Crippen LogP contribution in [0.25, 0.3) is 10.9 Å². The fraction of sp³-hybridized carbons (Fsp3) is 0.150. The number of hydrazone groups is 1. The van der Waals surface area contributed by atoms with Crippen molar-refractivity contribution in [1.82, 2.24) is 4.98 Å². The lowest BCUT2D eigenvalue weighted by Gasteiger charge is -2.20. The maximum Gasteiger partial charge on any atom is 0.261 e. The monoisotopic (exact) mass is 346 g/mol. The molecule has 1 atom stereocenters. The summed E-state index contributed by atoms with van der Waals surface area (Å²) in [6.45, 7) is 1.78. The Morgan fingerprint density at radius 1 is 1.19 bits per heavy atom. The maximum atomic E-state index is 12.3. The molecule has 6 heteroatoms. The van der Waals surface area contributed by atoms with Gasteiger partial charge in [-0.05, 0) is 25.1 Å². The molecule has 0 radical (unpaired) electrons. The number of hydrogen-bond acceptors (Lipinski definition) is 5. The lowest BCUT2D eigenvalue weighted by Crippen LogP contribution is -2.36. The Morgan fingerprint density at radius 2 is 2.00 bits per heavy atom. The number of carbonyl (C=O) groups is 1. The summed E-state index contributed by atoms with van der Waals surface area (Å²) in [5.74, 6) is -0.430.